The number of aromatic nitrogens is 1. The van der Waals surface area contributed by atoms with Crippen LogP contribution in [0.4, 0.5) is 13.9 Å². The van der Waals surface area contributed by atoms with Gasteiger partial charge >= 0.3 is 0 Å². The zero-order valence-electron chi connectivity index (χ0n) is 16.2. The van der Waals surface area contributed by atoms with Crippen molar-refractivity contribution in [2.24, 2.45) is 0 Å². The van der Waals surface area contributed by atoms with Gasteiger partial charge in [0.1, 0.15) is 0 Å². The van der Waals surface area contributed by atoms with Crippen molar-refractivity contribution in [3.63, 3.8) is 0 Å². The highest BCUT2D eigenvalue weighted by molar-refractivity contribution is 7.22. The minimum absolute atomic E-state index is 0.222. The fourth-order valence-electron chi connectivity index (χ4n) is 2.67. The van der Waals surface area contributed by atoms with E-state index in [-0.39, 0.29) is 16.2 Å². The Kier molecular flexibility index (Phi) is 6.48. The molecule has 0 saturated carbocycles. The molecule has 3 rings (SSSR count). The molecule has 0 aliphatic carbocycles. The summed E-state index contributed by atoms with van der Waals surface area (Å²) in [6.45, 7) is 6.65. The summed E-state index contributed by atoms with van der Waals surface area (Å²) in [5.41, 5.74) is 0.540. The minimum atomic E-state index is -0.991. The molecule has 1 amide bonds. The van der Waals surface area contributed by atoms with Crippen molar-refractivity contribution in [2.75, 3.05) is 25.1 Å². The number of hydrogen-bond acceptors (Lipinski definition) is 6. The van der Waals surface area contributed by atoms with Crippen LogP contribution in [-0.2, 0) is 0 Å². The molecule has 6 nitrogen and oxygen atoms in total. The molecule has 154 valence electrons. The first-order chi connectivity index (χ1) is 14.0. The monoisotopic (exact) mass is 422 g/mol. The number of ether oxygens (including phenoxy) is 3. The summed E-state index contributed by atoms with van der Waals surface area (Å²) in [4.78, 5) is 16.9. The average Bonchev–Trinajstić information content (AvgIpc) is 3.05. The lowest BCUT2D eigenvalue weighted by atomic mass is 10.1. The van der Waals surface area contributed by atoms with Crippen molar-refractivity contribution in [3.8, 4) is 17.2 Å². The van der Waals surface area contributed by atoms with Gasteiger partial charge in [-0.25, -0.2) is 13.8 Å². The van der Waals surface area contributed by atoms with E-state index < -0.39 is 17.5 Å². The molecule has 0 bridgehead atoms. The van der Waals surface area contributed by atoms with Crippen molar-refractivity contribution >= 4 is 32.6 Å². The highest BCUT2D eigenvalue weighted by atomic mass is 32.1. The number of anilines is 1. The number of fused-ring (bicyclic) bond motifs is 1. The highest BCUT2D eigenvalue weighted by Gasteiger charge is 2.19. The Bertz CT molecular complexity index is 973. The van der Waals surface area contributed by atoms with Crippen molar-refractivity contribution in [1.29, 1.82) is 0 Å². The lowest BCUT2D eigenvalue weighted by molar-refractivity contribution is 0.102. The SMILES string of the molecule is CCOc1cc(C(=O)Nc2nc3cc(F)c(F)cc3s2)cc(OCC)c1OCC. The zero-order chi connectivity index (χ0) is 21.0. The smallest absolute Gasteiger partial charge is 0.257 e. The molecule has 0 aliphatic rings. The second-order valence-corrected chi connectivity index (χ2v) is 6.84. The Hall–Kier alpha value is -2.94. The van der Waals surface area contributed by atoms with E-state index in [1.807, 2.05) is 20.8 Å². The average molecular weight is 422 g/mol. The standard InChI is InChI=1S/C20H20F2N2O4S/c1-4-26-15-7-11(8-16(27-5-2)18(15)28-6-3)19(25)24-20-23-14-9-12(21)13(22)10-17(14)29-20/h7-10H,4-6H2,1-3H3,(H,23,24,25). The van der Waals surface area contributed by atoms with Crippen LogP contribution in [0.15, 0.2) is 24.3 Å². The third-order valence-electron chi connectivity index (χ3n) is 3.82. The van der Waals surface area contributed by atoms with E-state index in [0.717, 1.165) is 23.5 Å². The van der Waals surface area contributed by atoms with Gasteiger partial charge in [0.2, 0.25) is 5.75 Å². The maximum atomic E-state index is 13.4. The molecule has 0 unspecified atom stereocenters. The Morgan fingerprint density at radius 3 is 2.14 bits per heavy atom. The number of thiazole rings is 1. The maximum absolute atomic E-state index is 13.4. The summed E-state index contributed by atoms with van der Waals surface area (Å²) in [6, 6.07) is 5.15. The second-order valence-electron chi connectivity index (χ2n) is 5.81. The van der Waals surface area contributed by atoms with E-state index in [9.17, 15) is 13.6 Å². The fraction of sp³-hybridized carbons (Fsp3) is 0.300. The third kappa shape index (κ3) is 4.56. The molecule has 1 aromatic heterocycles. The highest BCUT2D eigenvalue weighted by Crippen LogP contribution is 2.39. The Morgan fingerprint density at radius 1 is 0.966 bits per heavy atom. The summed E-state index contributed by atoms with van der Waals surface area (Å²) in [5, 5.41) is 2.87. The van der Waals surface area contributed by atoms with Gasteiger partial charge in [-0.15, -0.1) is 0 Å². The molecule has 9 heteroatoms. The van der Waals surface area contributed by atoms with Crippen molar-refractivity contribution in [3.05, 3.63) is 41.5 Å². The lowest BCUT2D eigenvalue weighted by Gasteiger charge is -2.16. The normalized spacial score (nSPS) is 10.8. The summed E-state index contributed by atoms with van der Waals surface area (Å²) in [6.07, 6.45) is 0. The molecular formula is C20H20F2N2O4S. The first-order valence-electron chi connectivity index (χ1n) is 9.10. The number of nitrogens with one attached hydrogen (secondary N) is 1. The maximum Gasteiger partial charge on any atom is 0.257 e. The van der Waals surface area contributed by atoms with E-state index in [1.165, 1.54) is 0 Å². The molecule has 3 aromatic rings. The van der Waals surface area contributed by atoms with Gasteiger partial charge in [-0.1, -0.05) is 11.3 Å². The number of halogens is 2. The number of benzene rings is 2. The van der Waals surface area contributed by atoms with Crippen LogP contribution < -0.4 is 19.5 Å². The van der Waals surface area contributed by atoms with Crippen LogP contribution in [0.2, 0.25) is 0 Å². The van der Waals surface area contributed by atoms with Gasteiger partial charge in [0.25, 0.3) is 5.91 Å². The first kappa shape index (κ1) is 20.8. The molecule has 0 radical (unpaired) electrons. The second kappa shape index (κ2) is 9.04. The lowest BCUT2D eigenvalue weighted by Crippen LogP contribution is -2.13. The number of hydrogen-bond donors (Lipinski definition) is 1. The van der Waals surface area contributed by atoms with Crippen LogP contribution in [0.25, 0.3) is 10.2 Å². The van der Waals surface area contributed by atoms with Crippen LogP contribution in [-0.4, -0.2) is 30.7 Å². The zero-order valence-corrected chi connectivity index (χ0v) is 17.0. The van der Waals surface area contributed by atoms with Gasteiger partial charge < -0.3 is 14.2 Å². The predicted molar refractivity (Wildman–Crippen MR) is 107 cm³/mol. The molecule has 0 fully saturated rings. The number of carbonyl (C=O) groups is 1. The van der Waals surface area contributed by atoms with Crippen LogP contribution in [0.5, 0.6) is 17.2 Å². The molecule has 0 saturated heterocycles. The van der Waals surface area contributed by atoms with Crippen molar-refractivity contribution in [1.82, 2.24) is 4.98 Å². The Morgan fingerprint density at radius 2 is 1.55 bits per heavy atom. The Labute approximate surface area is 170 Å². The van der Waals surface area contributed by atoms with Gasteiger partial charge in [-0.05, 0) is 39.0 Å². The molecule has 29 heavy (non-hydrogen) atoms. The molecule has 0 aliphatic heterocycles. The van der Waals surface area contributed by atoms with Gasteiger partial charge in [0, 0.05) is 11.6 Å². The largest absolute Gasteiger partial charge is 0.490 e. The molecule has 2 aromatic carbocycles. The van der Waals surface area contributed by atoms with Gasteiger partial charge in [0.15, 0.2) is 28.3 Å². The van der Waals surface area contributed by atoms with Gasteiger partial charge in [-0.2, -0.15) is 0 Å². The number of amides is 1. The number of carbonyl (C=O) groups excluding carboxylic acids is 1. The molecule has 1 N–H and O–H groups in total. The third-order valence-corrected chi connectivity index (χ3v) is 4.76. The predicted octanol–water partition coefficient (Wildman–Crippen LogP) is 5.02. The van der Waals surface area contributed by atoms with E-state index >= 15 is 0 Å². The Balaban J connectivity index is 1.93. The van der Waals surface area contributed by atoms with Gasteiger partial charge in [-0.3, -0.25) is 10.1 Å². The molecular weight excluding hydrogens is 402 g/mol. The summed E-state index contributed by atoms with van der Waals surface area (Å²) >= 11 is 1.05. The van der Waals surface area contributed by atoms with E-state index in [4.69, 9.17) is 14.2 Å². The summed E-state index contributed by atoms with van der Waals surface area (Å²) < 4.78 is 44.1. The summed E-state index contributed by atoms with van der Waals surface area (Å²) in [5.74, 6) is -1.21. The minimum Gasteiger partial charge on any atom is -0.490 e. The van der Waals surface area contributed by atoms with Crippen LogP contribution in [0.1, 0.15) is 31.1 Å². The topological polar surface area (TPSA) is 69.7 Å². The van der Waals surface area contributed by atoms with Crippen LogP contribution in [0, 0.1) is 11.6 Å². The molecule has 0 atom stereocenters. The fourth-order valence-corrected chi connectivity index (χ4v) is 3.53. The molecule has 0 spiro atoms. The number of rotatable bonds is 8. The van der Waals surface area contributed by atoms with E-state index in [2.05, 4.69) is 10.3 Å². The van der Waals surface area contributed by atoms with Crippen molar-refractivity contribution in [2.45, 2.75) is 20.8 Å². The quantitative estimate of drug-likeness (QED) is 0.552. The van der Waals surface area contributed by atoms with Crippen LogP contribution >= 0.6 is 11.3 Å². The number of nitrogens with zero attached hydrogens (tertiary/aromatic N) is 1. The van der Waals surface area contributed by atoms with Crippen molar-refractivity contribution < 1.29 is 27.8 Å². The molecule has 1 heterocycles. The first-order valence-corrected chi connectivity index (χ1v) is 9.91. The van der Waals surface area contributed by atoms with E-state index in [0.29, 0.717) is 41.8 Å². The van der Waals surface area contributed by atoms with Crippen LogP contribution in [0.3, 0.4) is 0 Å². The van der Waals surface area contributed by atoms with E-state index in [1.54, 1.807) is 12.1 Å². The summed E-state index contributed by atoms with van der Waals surface area (Å²) in [7, 11) is 0. The van der Waals surface area contributed by atoms with Gasteiger partial charge in [0.05, 0.1) is 30.0 Å².